The molecule has 0 spiro atoms. The van der Waals surface area contributed by atoms with Gasteiger partial charge >= 0.3 is 0 Å². The molecular weight excluding hydrogens is 271 g/mol. The number of hydrogen-bond donors (Lipinski definition) is 1. The Morgan fingerprint density at radius 3 is 2.75 bits per heavy atom. The molecular formula is C12H18BrFN2. The van der Waals surface area contributed by atoms with Gasteiger partial charge in [-0.3, -0.25) is 0 Å². The Morgan fingerprint density at radius 2 is 2.19 bits per heavy atom. The SMILES string of the molecule is CCC(C)CC(C)Nc1ncc(Br)cc1F. The third kappa shape index (κ3) is 4.08. The van der Waals surface area contributed by atoms with Crippen LogP contribution in [0.3, 0.4) is 0 Å². The van der Waals surface area contributed by atoms with Crippen molar-refractivity contribution in [3.05, 3.63) is 22.6 Å². The van der Waals surface area contributed by atoms with Crippen molar-refractivity contribution in [1.29, 1.82) is 0 Å². The first-order chi connectivity index (χ1) is 7.52. The molecule has 0 aromatic carbocycles. The third-order valence-corrected chi connectivity index (χ3v) is 3.08. The lowest BCUT2D eigenvalue weighted by Gasteiger charge is -2.18. The first-order valence-corrected chi connectivity index (χ1v) is 6.39. The van der Waals surface area contributed by atoms with Gasteiger partial charge in [-0.2, -0.15) is 0 Å². The second-order valence-electron chi connectivity index (χ2n) is 4.28. The summed E-state index contributed by atoms with van der Waals surface area (Å²) in [6.07, 6.45) is 3.76. The lowest BCUT2D eigenvalue weighted by Crippen LogP contribution is -2.19. The van der Waals surface area contributed by atoms with E-state index in [1.807, 2.05) is 0 Å². The molecule has 2 atom stereocenters. The summed E-state index contributed by atoms with van der Waals surface area (Å²) in [6, 6.07) is 1.66. The van der Waals surface area contributed by atoms with Crippen molar-refractivity contribution in [2.45, 2.75) is 39.7 Å². The predicted octanol–water partition coefficient (Wildman–Crippen LogP) is 4.22. The topological polar surface area (TPSA) is 24.9 Å². The molecule has 2 unspecified atom stereocenters. The minimum Gasteiger partial charge on any atom is -0.365 e. The van der Waals surface area contributed by atoms with E-state index in [4.69, 9.17) is 0 Å². The molecule has 4 heteroatoms. The molecule has 1 aromatic rings. The van der Waals surface area contributed by atoms with E-state index in [1.54, 1.807) is 6.20 Å². The van der Waals surface area contributed by atoms with Gasteiger partial charge in [0.1, 0.15) is 0 Å². The number of pyridine rings is 1. The molecule has 0 saturated heterocycles. The fourth-order valence-electron chi connectivity index (χ4n) is 1.58. The van der Waals surface area contributed by atoms with Crippen LogP contribution in [-0.2, 0) is 0 Å². The minimum absolute atomic E-state index is 0.234. The van der Waals surface area contributed by atoms with E-state index in [0.717, 1.165) is 12.8 Å². The molecule has 0 saturated carbocycles. The van der Waals surface area contributed by atoms with Gasteiger partial charge in [-0.25, -0.2) is 9.37 Å². The molecule has 0 fully saturated rings. The Hall–Kier alpha value is -0.640. The molecule has 90 valence electrons. The van der Waals surface area contributed by atoms with Crippen LogP contribution >= 0.6 is 15.9 Å². The minimum atomic E-state index is -0.314. The van der Waals surface area contributed by atoms with Crippen molar-refractivity contribution >= 4 is 21.7 Å². The predicted molar refractivity (Wildman–Crippen MR) is 69.1 cm³/mol. The van der Waals surface area contributed by atoms with Crippen LogP contribution in [0.1, 0.15) is 33.6 Å². The Labute approximate surface area is 105 Å². The van der Waals surface area contributed by atoms with E-state index in [1.165, 1.54) is 6.07 Å². The lowest BCUT2D eigenvalue weighted by molar-refractivity contribution is 0.481. The van der Waals surface area contributed by atoms with Gasteiger partial charge < -0.3 is 5.32 Å². The molecule has 0 aliphatic heterocycles. The van der Waals surface area contributed by atoms with Crippen molar-refractivity contribution in [3.8, 4) is 0 Å². The zero-order chi connectivity index (χ0) is 12.1. The number of halogens is 2. The van der Waals surface area contributed by atoms with Crippen molar-refractivity contribution in [2.75, 3.05) is 5.32 Å². The highest BCUT2D eigenvalue weighted by Gasteiger charge is 2.10. The van der Waals surface area contributed by atoms with Crippen LogP contribution < -0.4 is 5.32 Å². The van der Waals surface area contributed by atoms with Crippen molar-refractivity contribution in [3.63, 3.8) is 0 Å². The Balaban J connectivity index is 2.59. The number of aromatic nitrogens is 1. The molecule has 2 nitrogen and oxygen atoms in total. The van der Waals surface area contributed by atoms with Gasteiger partial charge in [-0.15, -0.1) is 0 Å². The van der Waals surface area contributed by atoms with Crippen LogP contribution in [0.5, 0.6) is 0 Å². The van der Waals surface area contributed by atoms with E-state index in [-0.39, 0.29) is 11.9 Å². The maximum Gasteiger partial charge on any atom is 0.166 e. The van der Waals surface area contributed by atoms with Crippen LogP contribution in [0.2, 0.25) is 0 Å². The molecule has 0 amide bonds. The fraction of sp³-hybridized carbons (Fsp3) is 0.583. The molecule has 0 radical (unpaired) electrons. The summed E-state index contributed by atoms with van der Waals surface area (Å²) in [4.78, 5) is 4.02. The van der Waals surface area contributed by atoms with Crippen LogP contribution in [0.25, 0.3) is 0 Å². The summed E-state index contributed by atoms with van der Waals surface area (Å²) in [5.41, 5.74) is 0. The van der Waals surface area contributed by atoms with E-state index in [2.05, 4.69) is 47.0 Å². The van der Waals surface area contributed by atoms with Gasteiger partial charge in [0.2, 0.25) is 0 Å². The Morgan fingerprint density at radius 1 is 1.50 bits per heavy atom. The number of nitrogens with zero attached hydrogens (tertiary/aromatic N) is 1. The van der Waals surface area contributed by atoms with Gasteiger partial charge in [0.15, 0.2) is 11.6 Å². The second kappa shape index (κ2) is 6.18. The Bertz CT molecular complexity index is 344. The molecule has 1 aromatic heterocycles. The van der Waals surface area contributed by atoms with Gasteiger partial charge in [-0.1, -0.05) is 20.3 Å². The summed E-state index contributed by atoms with van der Waals surface area (Å²) >= 11 is 3.18. The molecule has 0 aliphatic carbocycles. The van der Waals surface area contributed by atoms with E-state index in [0.29, 0.717) is 16.2 Å². The van der Waals surface area contributed by atoms with Crippen LogP contribution in [-0.4, -0.2) is 11.0 Å². The number of hydrogen-bond acceptors (Lipinski definition) is 2. The van der Waals surface area contributed by atoms with Gasteiger partial charge in [-0.05, 0) is 41.3 Å². The molecule has 0 aliphatic rings. The van der Waals surface area contributed by atoms with Crippen molar-refractivity contribution in [1.82, 2.24) is 4.98 Å². The molecule has 1 rings (SSSR count). The van der Waals surface area contributed by atoms with Gasteiger partial charge in [0.05, 0.1) is 0 Å². The number of rotatable bonds is 5. The molecule has 1 N–H and O–H groups in total. The first-order valence-electron chi connectivity index (χ1n) is 5.60. The summed E-state index contributed by atoms with van der Waals surface area (Å²) in [5, 5.41) is 3.10. The lowest BCUT2D eigenvalue weighted by atomic mass is 10.0. The zero-order valence-electron chi connectivity index (χ0n) is 9.93. The molecule has 16 heavy (non-hydrogen) atoms. The van der Waals surface area contributed by atoms with E-state index >= 15 is 0 Å². The number of anilines is 1. The fourth-order valence-corrected chi connectivity index (χ4v) is 1.89. The summed E-state index contributed by atoms with van der Waals surface area (Å²) in [5.74, 6) is 0.658. The molecule has 1 heterocycles. The largest absolute Gasteiger partial charge is 0.365 e. The normalized spacial score (nSPS) is 14.6. The van der Waals surface area contributed by atoms with Crippen LogP contribution in [0.4, 0.5) is 10.2 Å². The third-order valence-electron chi connectivity index (χ3n) is 2.64. The zero-order valence-corrected chi connectivity index (χ0v) is 11.5. The number of nitrogens with one attached hydrogen (secondary N) is 1. The van der Waals surface area contributed by atoms with E-state index in [9.17, 15) is 4.39 Å². The standard InChI is InChI=1S/C12H18BrFN2/c1-4-8(2)5-9(3)16-12-11(14)6-10(13)7-15-12/h6-9H,4-5H2,1-3H3,(H,15,16). The van der Waals surface area contributed by atoms with Crippen molar-refractivity contribution in [2.24, 2.45) is 5.92 Å². The second-order valence-corrected chi connectivity index (χ2v) is 5.19. The summed E-state index contributed by atoms with van der Waals surface area (Å²) in [7, 11) is 0. The van der Waals surface area contributed by atoms with Crippen molar-refractivity contribution < 1.29 is 4.39 Å². The van der Waals surface area contributed by atoms with Crippen LogP contribution in [0.15, 0.2) is 16.7 Å². The molecule has 0 bridgehead atoms. The smallest absolute Gasteiger partial charge is 0.166 e. The maximum atomic E-state index is 13.5. The highest BCUT2D eigenvalue weighted by molar-refractivity contribution is 9.10. The van der Waals surface area contributed by atoms with E-state index < -0.39 is 0 Å². The first kappa shape index (κ1) is 13.4. The monoisotopic (exact) mass is 288 g/mol. The average molecular weight is 289 g/mol. The van der Waals surface area contributed by atoms with Crippen LogP contribution in [0, 0.1) is 11.7 Å². The summed E-state index contributed by atoms with van der Waals surface area (Å²) in [6.45, 7) is 6.41. The van der Waals surface area contributed by atoms with Gasteiger partial charge in [0.25, 0.3) is 0 Å². The Kier molecular flexibility index (Phi) is 5.19. The maximum absolute atomic E-state index is 13.5. The average Bonchev–Trinajstić information content (AvgIpc) is 2.22. The highest BCUT2D eigenvalue weighted by Crippen LogP contribution is 2.18. The summed E-state index contributed by atoms with van der Waals surface area (Å²) < 4.78 is 14.1. The van der Waals surface area contributed by atoms with Gasteiger partial charge in [0, 0.05) is 16.7 Å². The highest BCUT2D eigenvalue weighted by atomic mass is 79.9. The quantitative estimate of drug-likeness (QED) is 0.877.